The molecule has 0 aliphatic heterocycles. The lowest BCUT2D eigenvalue weighted by atomic mass is 10.2. The normalized spacial score (nSPS) is 10.6. The molecule has 66 valence electrons. The average Bonchev–Trinajstić information content (AvgIpc) is 2.18. The number of hydrogen-bond donors (Lipinski definition) is 0. The Morgan fingerprint density at radius 3 is 2.92 bits per heavy atom. The summed E-state index contributed by atoms with van der Waals surface area (Å²) in [7, 11) is 0. The maximum Gasteiger partial charge on any atom is 0.0668 e. The van der Waals surface area contributed by atoms with Crippen LogP contribution in [0, 0.1) is 0 Å². The fraction of sp³-hybridized carbons (Fsp3) is 0.100. The summed E-state index contributed by atoms with van der Waals surface area (Å²) in [5.41, 5.74) is 0. The molecule has 1 nitrogen and oxygen atoms in total. The van der Waals surface area contributed by atoms with Crippen LogP contribution in [0.2, 0.25) is 5.02 Å². The Bertz CT molecular complexity index is 442. The van der Waals surface area contributed by atoms with Crippen molar-refractivity contribution in [2.75, 3.05) is 6.26 Å². The third-order valence-corrected chi connectivity index (χ3v) is 2.95. The zero-order valence-electron chi connectivity index (χ0n) is 7.12. The van der Waals surface area contributed by atoms with Crippen molar-refractivity contribution < 1.29 is 0 Å². The maximum atomic E-state index is 6.01. The van der Waals surface area contributed by atoms with E-state index in [2.05, 4.69) is 23.4 Å². The molecule has 0 bridgehead atoms. The van der Waals surface area contributed by atoms with Crippen molar-refractivity contribution in [2.24, 2.45) is 0 Å². The second kappa shape index (κ2) is 3.56. The number of benzene rings is 1. The zero-order chi connectivity index (χ0) is 9.26. The van der Waals surface area contributed by atoms with E-state index < -0.39 is 0 Å². The minimum Gasteiger partial charge on any atom is -0.263 e. The monoisotopic (exact) mass is 209 g/mol. The first-order valence-electron chi connectivity index (χ1n) is 3.88. The summed E-state index contributed by atoms with van der Waals surface area (Å²) >= 11 is 7.73. The van der Waals surface area contributed by atoms with Crippen LogP contribution >= 0.6 is 23.4 Å². The van der Waals surface area contributed by atoms with E-state index in [1.807, 2.05) is 12.3 Å². The van der Waals surface area contributed by atoms with Gasteiger partial charge in [0.1, 0.15) is 0 Å². The van der Waals surface area contributed by atoms with E-state index in [1.165, 1.54) is 4.90 Å². The lowest BCUT2D eigenvalue weighted by Crippen LogP contribution is -1.78. The third-order valence-electron chi connectivity index (χ3n) is 1.92. The second-order valence-electron chi connectivity index (χ2n) is 2.71. The van der Waals surface area contributed by atoms with Gasteiger partial charge in [-0.1, -0.05) is 17.7 Å². The van der Waals surface area contributed by atoms with Crippen LogP contribution < -0.4 is 0 Å². The van der Waals surface area contributed by atoms with Crippen molar-refractivity contribution in [2.45, 2.75) is 4.90 Å². The molecule has 0 saturated heterocycles. The zero-order valence-corrected chi connectivity index (χ0v) is 8.69. The van der Waals surface area contributed by atoms with Gasteiger partial charge in [-0.05, 0) is 18.4 Å². The fourth-order valence-electron chi connectivity index (χ4n) is 1.23. The van der Waals surface area contributed by atoms with Crippen LogP contribution in [0.4, 0.5) is 0 Å². The summed E-state index contributed by atoms with van der Waals surface area (Å²) in [6.07, 6.45) is 5.55. The first-order valence-corrected chi connectivity index (χ1v) is 5.49. The highest BCUT2D eigenvalue weighted by Crippen LogP contribution is 2.26. The van der Waals surface area contributed by atoms with Gasteiger partial charge in [0.2, 0.25) is 0 Å². The van der Waals surface area contributed by atoms with Crippen molar-refractivity contribution in [3.05, 3.63) is 35.6 Å². The van der Waals surface area contributed by atoms with Gasteiger partial charge in [0.25, 0.3) is 0 Å². The van der Waals surface area contributed by atoms with Gasteiger partial charge >= 0.3 is 0 Å². The fourth-order valence-corrected chi connectivity index (χ4v) is 1.89. The van der Waals surface area contributed by atoms with Crippen molar-refractivity contribution in [3.8, 4) is 0 Å². The van der Waals surface area contributed by atoms with E-state index in [0.29, 0.717) is 5.02 Å². The summed E-state index contributed by atoms with van der Waals surface area (Å²) in [4.78, 5) is 5.25. The molecular weight excluding hydrogens is 202 g/mol. The summed E-state index contributed by atoms with van der Waals surface area (Å²) in [6.45, 7) is 0. The van der Waals surface area contributed by atoms with E-state index in [4.69, 9.17) is 11.6 Å². The Kier molecular flexibility index (Phi) is 2.42. The van der Waals surface area contributed by atoms with Gasteiger partial charge in [0, 0.05) is 28.1 Å². The van der Waals surface area contributed by atoms with E-state index in [0.717, 1.165) is 10.8 Å². The molecule has 0 saturated carbocycles. The van der Waals surface area contributed by atoms with E-state index in [1.54, 1.807) is 18.0 Å². The van der Waals surface area contributed by atoms with Gasteiger partial charge in [-0.25, -0.2) is 0 Å². The molecular formula is C10H8ClNS. The number of nitrogens with zero attached hydrogens (tertiary/aromatic N) is 1. The Hall–Kier alpha value is -0.730. The van der Waals surface area contributed by atoms with Gasteiger partial charge < -0.3 is 0 Å². The van der Waals surface area contributed by atoms with Crippen molar-refractivity contribution in [3.63, 3.8) is 0 Å². The predicted octanol–water partition coefficient (Wildman–Crippen LogP) is 3.61. The molecule has 0 amide bonds. The summed E-state index contributed by atoms with van der Waals surface area (Å²) in [5, 5.41) is 2.88. The molecule has 0 unspecified atom stereocenters. The van der Waals surface area contributed by atoms with E-state index in [-0.39, 0.29) is 0 Å². The van der Waals surface area contributed by atoms with Crippen LogP contribution in [0.5, 0.6) is 0 Å². The van der Waals surface area contributed by atoms with E-state index in [9.17, 15) is 0 Å². The molecule has 0 fully saturated rings. The molecule has 1 aromatic heterocycles. The van der Waals surface area contributed by atoms with Crippen LogP contribution in [-0.2, 0) is 0 Å². The van der Waals surface area contributed by atoms with Crippen LogP contribution in [0.25, 0.3) is 10.8 Å². The molecule has 0 radical (unpaired) electrons. The van der Waals surface area contributed by atoms with Gasteiger partial charge in [0.05, 0.1) is 5.02 Å². The molecule has 1 heterocycles. The van der Waals surface area contributed by atoms with Gasteiger partial charge in [-0.2, -0.15) is 0 Å². The number of aromatic nitrogens is 1. The highest BCUT2D eigenvalue weighted by atomic mass is 35.5. The maximum absolute atomic E-state index is 6.01. The Morgan fingerprint density at radius 1 is 1.31 bits per heavy atom. The molecule has 0 atom stereocenters. The molecule has 2 rings (SSSR count). The highest BCUT2D eigenvalue weighted by molar-refractivity contribution is 7.98. The SMILES string of the molecule is CSc1ccc2cncc(Cl)c2c1. The van der Waals surface area contributed by atoms with Crippen LogP contribution in [0.1, 0.15) is 0 Å². The van der Waals surface area contributed by atoms with Gasteiger partial charge in [0.15, 0.2) is 0 Å². The molecule has 3 heteroatoms. The minimum absolute atomic E-state index is 0.716. The molecule has 0 aliphatic rings. The molecule has 2 aromatic rings. The topological polar surface area (TPSA) is 12.9 Å². The summed E-state index contributed by atoms with van der Waals surface area (Å²) in [6, 6.07) is 6.20. The number of rotatable bonds is 1. The third kappa shape index (κ3) is 1.64. The largest absolute Gasteiger partial charge is 0.263 e. The number of fused-ring (bicyclic) bond motifs is 1. The lowest BCUT2D eigenvalue weighted by molar-refractivity contribution is 1.35. The van der Waals surface area contributed by atoms with Crippen LogP contribution in [0.15, 0.2) is 35.5 Å². The van der Waals surface area contributed by atoms with Crippen molar-refractivity contribution in [1.29, 1.82) is 0 Å². The molecule has 0 N–H and O–H groups in total. The quantitative estimate of drug-likeness (QED) is 0.666. The second-order valence-corrected chi connectivity index (χ2v) is 4.00. The molecule has 0 aliphatic carbocycles. The Labute approximate surface area is 86.1 Å². The predicted molar refractivity (Wildman–Crippen MR) is 58.5 cm³/mol. The van der Waals surface area contributed by atoms with Crippen molar-refractivity contribution in [1.82, 2.24) is 4.98 Å². The summed E-state index contributed by atoms with van der Waals surface area (Å²) in [5.74, 6) is 0. The first-order chi connectivity index (χ1) is 6.31. The van der Waals surface area contributed by atoms with E-state index >= 15 is 0 Å². The Morgan fingerprint density at radius 2 is 2.15 bits per heavy atom. The van der Waals surface area contributed by atoms with Crippen LogP contribution in [-0.4, -0.2) is 11.2 Å². The number of hydrogen-bond acceptors (Lipinski definition) is 2. The number of halogens is 1. The summed E-state index contributed by atoms with van der Waals surface area (Å²) < 4.78 is 0. The molecule has 0 spiro atoms. The number of thioether (sulfide) groups is 1. The highest BCUT2D eigenvalue weighted by Gasteiger charge is 1.99. The van der Waals surface area contributed by atoms with Crippen LogP contribution in [0.3, 0.4) is 0 Å². The number of pyridine rings is 1. The standard InChI is InChI=1S/C10H8ClNS/c1-13-8-3-2-7-5-12-6-10(11)9(7)4-8/h2-6H,1H3. The molecule has 1 aromatic carbocycles. The first kappa shape index (κ1) is 8.85. The Balaban J connectivity index is 2.74. The lowest BCUT2D eigenvalue weighted by Gasteiger charge is -2.01. The van der Waals surface area contributed by atoms with Crippen molar-refractivity contribution >= 4 is 34.1 Å². The minimum atomic E-state index is 0.716. The molecule has 13 heavy (non-hydrogen) atoms. The van der Waals surface area contributed by atoms with Gasteiger partial charge in [-0.15, -0.1) is 11.8 Å². The van der Waals surface area contributed by atoms with Gasteiger partial charge in [-0.3, -0.25) is 4.98 Å². The average molecular weight is 210 g/mol. The smallest absolute Gasteiger partial charge is 0.0668 e.